The first kappa shape index (κ1) is 32.7. The largest absolute Gasteiger partial charge is 0.466 e. The Bertz CT molecular complexity index is 1270. The molecular weight excluding hydrogens is 533 g/mol. The van der Waals surface area contributed by atoms with Gasteiger partial charge in [0.1, 0.15) is 17.7 Å². The first-order chi connectivity index (χ1) is 18.7. The van der Waals surface area contributed by atoms with Gasteiger partial charge in [-0.25, -0.2) is 8.78 Å². The zero-order valence-electron chi connectivity index (χ0n) is 22.9. The van der Waals surface area contributed by atoms with Gasteiger partial charge in [0.05, 0.1) is 24.6 Å². The van der Waals surface area contributed by atoms with Gasteiger partial charge in [-0.3, -0.25) is 9.59 Å². The predicted molar refractivity (Wildman–Crippen MR) is 142 cm³/mol. The van der Waals surface area contributed by atoms with Crippen LogP contribution < -0.4 is 5.32 Å². The summed E-state index contributed by atoms with van der Waals surface area (Å²) in [4.78, 5) is 25.1. The lowest BCUT2D eigenvalue weighted by molar-refractivity contribution is -0.144. The molecule has 5 nitrogen and oxygen atoms in total. The molecule has 2 N–H and O–H groups in total. The molecule has 2 aromatic carbocycles. The van der Waals surface area contributed by atoms with Crippen LogP contribution in [0.5, 0.6) is 0 Å². The van der Waals surface area contributed by atoms with Crippen molar-refractivity contribution in [3.05, 3.63) is 82.5 Å². The van der Waals surface area contributed by atoms with Crippen molar-refractivity contribution in [2.45, 2.75) is 71.7 Å². The van der Waals surface area contributed by atoms with Crippen molar-refractivity contribution in [3.8, 4) is 11.1 Å². The number of carbonyl (C=O) groups is 2. The highest BCUT2D eigenvalue weighted by molar-refractivity contribution is 5.82. The first-order valence-corrected chi connectivity index (χ1v) is 12.8. The van der Waals surface area contributed by atoms with Crippen molar-refractivity contribution in [1.29, 1.82) is 0 Å². The Morgan fingerprint density at radius 3 is 2.42 bits per heavy atom. The Balaban J connectivity index is 2.77. The number of allylic oxidation sites excluding steroid dienone is 3. The molecule has 0 unspecified atom stereocenters. The number of amides is 1. The molecule has 0 spiro atoms. The second kappa shape index (κ2) is 14.2. The number of esters is 1. The van der Waals surface area contributed by atoms with E-state index in [1.165, 1.54) is 19.9 Å². The quantitative estimate of drug-likeness (QED) is 0.166. The van der Waals surface area contributed by atoms with Crippen molar-refractivity contribution in [3.63, 3.8) is 0 Å². The Kier molecular flexibility index (Phi) is 11.6. The van der Waals surface area contributed by atoms with Gasteiger partial charge in [-0.05, 0) is 93.5 Å². The summed E-state index contributed by atoms with van der Waals surface area (Å²) in [5.74, 6) is -4.16. The lowest BCUT2D eigenvalue weighted by Crippen LogP contribution is -2.38. The van der Waals surface area contributed by atoms with Gasteiger partial charge in [-0.1, -0.05) is 17.7 Å². The summed E-state index contributed by atoms with van der Waals surface area (Å²) in [6.07, 6.45) is -3.57. The highest BCUT2D eigenvalue weighted by Crippen LogP contribution is 2.40. The zero-order valence-corrected chi connectivity index (χ0v) is 22.9. The van der Waals surface area contributed by atoms with Crippen LogP contribution in [0.15, 0.2) is 48.6 Å². The van der Waals surface area contributed by atoms with Gasteiger partial charge in [0.25, 0.3) is 0 Å². The van der Waals surface area contributed by atoms with E-state index in [0.717, 1.165) is 12.1 Å². The zero-order chi connectivity index (χ0) is 30.2. The topological polar surface area (TPSA) is 75.6 Å². The molecule has 2 rings (SSSR count). The fraction of sp³-hybridized carbons (Fsp3) is 0.400. The molecular formula is C30H34F5NO4. The van der Waals surface area contributed by atoms with Gasteiger partial charge in [-0.15, -0.1) is 6.58 Å². The highest BCUT2D eigenvalue weighted by Gasteiger charge is 2.38. The number of ether oxygens (including phenoxy) is 1. The van der Waals surface area contributed by atoms with Crippen LogP contribution in [0.3, 0.4) is 0 Å². The summed E-state index contributed by atoms with van der Waals surface area (Å²) in [7, 11) is 0. The molecule has 0 aliphatic carbocycles. The maximum Gasteiger partial charge on any atom is 0.419 e. The molecule has 0 radical (unpaired) electrons. The Morgan fingerprint density at radius 2 is 1.85 bits per heavy atom. The van der Waals surface area contributed by atoms with E-state index in [9.17, 15) is 32.3 Å². The van der Waals surface area contributed by atoms with Gasteiger partial charge < -0.3 is 15.2 Å². The van der Waals surface area contributed by atoms with Crippen LogP contribution in [0.4, 0.5) is 22.0 Å². The van der Waals surface area contributed by atoms with Crippen LogP contribution in [-0.4, -0.2) is 29.7 Å². The minimum atomic E-state index is -5.13. The molecule has 0 fully saturated rings. The number of hydrogen-bond donors (Lipinski definition) is 2. The molecule has 0 aliphatic rings. The minimum Gasteiger partial charge on any atom is -0.466 e. The average molecular weight is 568 g/mol. The molecule has 0 bridgehead atoms. The highest BCUT2D eigenvalue weighted by atomic mass is 19.4. The van der Waals surface area contributed by atoms with Crippen LogP contribution in [0, 0.1) is 18.6 Å². The third-order valence-electron chi connectivity index (χ3n) is 6.17. The van der Waals surface area contributed by atoms with E-state index in [-0.39, 0.29) is 37.0 Å². The molecule has 2 atom stereocenters. The number of hydrogen-bond acceptors (Lipinski definition) is 4. The Labute approximate surface area is 230 Å². The fourth-order valence-corrected chi connectivity index (χ4v) is 4.29. The van der Waals surface area contributed by atoms with Crippen molar-refractivity contribution in [2.75, 3.05) is 6.61 Å². The molecule has 0 saturated heterocycles. The van der Waals surface area contributed by atoms with Gasteiger partial charge in [0, 0.05) is 5.56 Å². The lowest BCUT2D eigenvalue weighted by atomic mass is 9.88. The molecule has 1 amide bonds. The summed E-state index contributed by atoms with van der Waals surface area (Å²) in [6.45, 7) is 10.1. The van der Waals surface area contributed by atoms with Crippen LogP contribution in [0.2, 0.25) is 0 Å². The van der Waals surface area contributed by atoms with E-state index in [1.807, 2.05) is 0 Å². The first-order valence-electron chi connectivity index (χ1n) is 12.8. The van der Waals surface area contributed by atoms with Crippen molar-refractivity contribution in [1.82, 2.24) is 5.32 Å². The number of aliphatic hydroxyl groups is 1. The number of aliphatic hydroxyl groups excluding tert-OH is 1. The van der Waals surface area contributed by atoms with E-state index in [1.54, 1.807) is 26.0 Å². The van der Waals surface area contributed by atoms with E-state index in [0.29, 0.717) is 22.8 Å². The molecule has 218 valence electrons. The number of aryl methyl sites for hydroxylation is 1. The number of carbonyl (C=O) groups excluding carboxylic acids is 2. The molecule has 0 saturated carbocycles. The van der Waals surface area contributed by atoms with Gasteiger partial charge in [0.2, 0.25) is 5.91 Å². The third kappa shape index (κ3) is 8.74. The smallest absolute Gasteiger partial charge is 0.419 e. The minimum absolute atomic E-state index is 0.0350. The van der Waals surface area contributed by atoms with E-state index in [2.05, 4.69) is 11.9 Å². The maximum absolute atomic E-state index is 15.6. The summed E-state index contributed by atoms with van der Waals surface area (Å²) in [5.41, 5.74) is -0.702. The summed E-state index contributed by atoms with van der Waals surface area (Å²) in [6, 6.07) is 2.47. The standard InChI is InChI=1S/C30H34F5NO4/c1-6-8-9-19-13-21(31)12-18(5)27(19)20-14-22(28(32)23(15-20)30(33,34)35)24(16-26(38)40-7-2)36-29(39)25(37)11-10-17(3)4/h6,8,12-15,24-25,37H,3,7,9-11,16H2,1-2,4-5H3,(H,36,39)/t24-,25+/m0/s1. The second-order valence-electron chi connectivity index (χ2n) is 9.54. The summed E-state index contributed by atoms with van der Waals surface area (Å²) >= 11 is 0. The number of rotatable bonds is 12. The lowest BCUT2D eigenvalue weighted by Gasteiger charge is -2.24. The van der Waals surface area contributed by atoms with Gasteiger partial charge in [0.15, 0.2) is 0 Å². The molecule has 0 aromatic heterocycles. The molecule has 2 aromatic rings. The van der Waals surface area contributed by atoms with E-state index < -0.39 is 59.4 Å². The number of halogens is 5. The summed E-state index contributed by atoms with van der Waals surface area (Å²) < 4.78 is 76.9. The average Bonchev–Trinajstić information content (AvgIpc) is 2.85. The molecule has 10 heteroatoms. The van der Waals surface area contributed by atoms with E-state index >= 15 is 4.39 Å². The number of alkyl halides is 3. The maximum atomic E-state index is 15.6. The number of benzene rings is 2. The van der Waals surface area contributed by atoms with Crippen molar-refractivity contribution < 1.29 is 41.4 Å². The molecule has 0 heterocycles. The second-order valence-corrected chi connectivity index (χ2v) is 9.54. The van der Waals surface area contributed by atoms with Crippen molar-refractivity contribution >= 4 is 11.9 Å². The third-order valence-corrected chi connectivity index (χ3v) is 6.17. The van der Waals surface area contributed by atoms with E-state index in [4.69, 9.17) is 4.74 Å². The van der Waals surface area contributed by atoms with Crippen LogP contribution in [-0.2, 0) is 26.9 Å². The normalized spacial score (nSPS) is 13.2. The summed E-state index contributed by atoms with van der Waals surface area (Å²) in [5, 5.41) is 12.6. The van der Waals surface area contributed by atoms with Crippen LogP contribution >= 0.6 is 0 Å². The van der Waals surface area contributed by atoms with Gasteiger partial charge >= 0.3 is 12.1 Å². The van der Waals surface area contributed by atoms with Crippen LogP contribution in [0.25, 0.3) is 11.1 Å². The van der Waals surface area contributed by atoms with Crippen molar-refractivity contribution in [2.24, 2.45) is 0 Å². The Morgan fingerprint density at radius 1 is 1.18 bits per heavy atom. The molecule has 0 aliphatic heterocycles. The molecule has 40 heavy (non-hydrogen) atoms. The fourth-order valence-electron chi connectivity index (χ4n) is 4.29. The monoisotopic (exact) mass is 567 g/mol. The number of nitrogens with one attached hydrogen (secondary N) is 1. The Hall–Kier alpha value is -3.53. The van der Waals surface area contributed by atoms with Gasteiger partial charge in [-0.2, -0.15) is 13.2 Å². The SMILES string of the molecule is C=C(C)CC[C@@H](O)C(=O)N[C@@H](CC(=O)OCC)c1cc(-c2c(C)cc(F)cc2CC=CC)cc(C(F)(F)F)c1F. The predicted octanol–water partition coefficient (Wildman–Crippen LogP) is 6.91. The van der Waals surface area contributed by atoms with Crippen LogP contribution in [0.1, 0.15) is 68.3 Å².